The van der Waals surface area contributed by atoms with Crippen LogP contribution in [0, 0.1) is 6.92 Å². The van der Waals surface area contributed by atoms with Gasteiger partial charge in [-0.1, -0.05) is 29.8 Å². The van der Waals surface area contributed by atoms with Gasteiger partial charge in [0.1, 0.15) is 11.2 Å². The number of aromatic nitrogens is 1. The molecule has 2 rings (SSSR count). The van der Waals surface area contributed by atoms with Gasteiger partial charge in [-0.3, -0.25) is 4.79 Å². The molecular formula is C17H20N2O3S. The summed E-state index contributed by atoms with van der Waals surface area (Å²) in [5.41, 5.74) is 1.33. The number of carbonyl (C=O) groups excluding carboxylic acids is 1. The number of carbonyl (C=O) groups is 2. The molecule has 1 heterocycles. The lowest BCUT2D eigenvalue weighted by Crippen LogP contribution is -2.50. The van der Waals surface area contributed by atoms with Crippen molar-refractivity contribution in [1.82, 2.24) is 9.88 Å². The highest BCUT2D eigenvalue weighted by atomic mass is 32.1. The van der Waals surface area contributed by atoms with E-state index in [1.165, 1.54) is 42.7 Å². The van der Waals surface area contributed by atoms with Crippen molar-refractivity contribution in [2.24, 2.45) is 0 Å². The summed E-state index contributed by atoms with van der Waals surface area (Å²) in [4.78, 5) is 29.2. The van der Waals surface area contributed by atoms with Crippen LogP contribution in [0.1, 0.15) is 40.5 Å². The second kappa shape index (κ2) is 6.50. The summed E-state index contributed by atoms with van der Waals surface area (Å²) in [5, 5.41) is 11.7. The van der Waals surface area contributed by atoms with Crippen molar-refractivity contribution >= 4 is 23.2 Å². The van der Waals surface area contributed by atoms with E-state index in [1.54, 1.807) is 5.38 Å². The third kappa shape index (κ3) is 3.76. The first-order valence-electron chi connectivity index (χ1n) is 7.23. The van der Waals surface area contributed by atoms with Crippen LogP contribution >= 0.6 is 11.3 Å². The molecular weight excluding hydrogens is 312 g/mol. The Morgan fingerprint density at radius 3 is 2.43 bits per heavy atom. The number of rotatable bonds is 5. The molecule has 0 radical (unpaired) electrons. The quantitative estimate of drug-likeness (QED) is 0.914. The van der Waals surface area contributed by atoms with Crippen molar-refractivity contribution in [2.75, 3.05) is 7.05 Å². The van der Waals surface area contributed by atoms with Crippen molar-refractivity contribution < 1.29 is 14.7 Å². The number of thiazole rings is 1. The fraction of sp³-hybridized carbons (Fsp3) is 0.353. The van der Waals surface area contributed by atoms with Gasteiger partial charge in [0.15, 0.2) is 0 Å². The first-order chi connectivity index (χ1) is 10.7. The molecule has 1 aromatic heterocycles. The van der Waals surface area contributed by atoms with E-state index in [2.05, 4.69) is 4.98 Å². The maximum atomic E-state index is 12.4. The highest BCUT2D eigenvalue weighted by molar-refractivity contribution is 7.09. The molecule has 0 saturated heterocycles. The Morgan fingerprint density at radius 1 is 1.26 bits per heavy atom. The van der Waals surface area contributed by atoms with Gasteiger partial charge < -0.3 is 10.0 Å². The summed E-state index contributed by atoms with van der Waals surface area (Å²) in [5.74, 6) is -1.44. The molecule has 5 nitrogen and oxygen atoms in total. The van der Waals surface area contributed by atoms with Gasteiger partial charge >= 0.3 is 5.97 Å². The fourth-order valence-electron chi connectivity index (χ4n) is 1.94. The lowest BCUT2D eigenvalue weighted by molar-refractivity contribution is -0.147. The number of likely N-dealkylation sites (N-methyl/N-ethyl adjacent to an activating group) is 1. The molecule has 1 amide bonds. The first-order valence-corrected chi connectivity index (χ1v) is 8.11. The van der Waals surface area contributed by atoms with Gasteiger partial charge in [-0.25, -0.2) is 9.78 Å². The van der Waals surface area contributed by atoms with E-state index in [1.807, 2.05) is 31.2 Å². The summed E-state index contributed by atoms with van der Waals surface area (Å²) in [7, 11) is 1.48. The first kappa shape index (κ1) is 17.1. The van der Waals surface area contributed by atoms with Crippen LogP contribution in [0.5, 0.6) is 0 Å². The summed E-state index contributed by atoms with van der Waals surface area (Å²) in [6, 6.07) is 8.16. The molecule has 0 aliphatic heterocycles. The number of carboxylic acids is 1. The van der Waals surface area contributed by atoms with Crippen molar-refractivity contribution in [3.63, 3.8) is 0 Å². The molecule has 0 atom stereocenters. The number of amides is 1. The Kier molecular flexibility index (Phi) is 4.85. The number of aliphatic carboxylic acids is 1. The molecule has 0 aliphatic carbocycles. The predicted molar refractivity (Wildman–Crippen MR) is 89.9 cm³/mol. The second-order valence-corrected chi connectivity index (χ2v) is 6.96. The number of carboxylic acid groups (broad SMARTS) is 1. The average molecular weight is 332 g/mol. The smallest absolute Gasteiger partial charge is 0.329 e. The molecule has 1 aromatic carbocycles. The largest absolute Gasteiger partial charge is 0.480 e. The highest BCUT2D eigenvalue weighted by Gasteiger charge is 2.36. The normalized spacial score (nSPS) is 11.3. The number of aryl methyl sites for hydroxylation is 1. The standard InChI is InChI=1S/C17H20N2O3S/c1-11-5-7-12(8-6-11)9-14-18-13(10-23-14)15(20)19(4)17(2,3)16(21)22/h5-8,10H,9H2,1-4H3,(H,21,22). The van der Waals surface area contributed by atoms with E-state index >= 15 is 0 Å². The fourth-order valence-corrected chi connectivity index (χ4v) is 2.74. The van der Waals surface area contributed by atoms with E-state index in [4.69, 9.17) is 0 Å². The van der Waals surface area contributed by atoms with Crippen LogP contribution in [-0.4, -0.2) is 39.5 Å². The summed E-state index contributed by atoms with van der Waals surface area (Å²) in [6.45, 7) is 5.02. The maximum Gasteiger partial charge on any atom is 0.329 e. The van der Waals surface area contributed by atoms with Gasteiger partial charge in [0.2, 0.25) is 0 Å². The predicted octanol–water partition coefficient (Wildman–Crippen LogP) is 2.98. The van der Waals surface area contributed by atoms with Gasteiger partial charge in [-0.2, -0.15) is 0 Å². The average Bonchev–Trinajstić information content (AvgIpc) is 2.96. The molecule has 0 aliphatic rings. The summed E-state index contributed by atoms with van der Waals surface area (Å²) in [6.07, 6.45) is 0.657. The van der Waals surface area contributed by atoms with Crippen molar-refractivity contribution in [3.05, 3.63) is 51.5 Å². The summed E-state index contributed by atoms with van der Waals surface area (Å²) >= 11 is 1.41. The minimum atomic E-state index is -1.28. The van der Waals surface area contributed by atoms with Crippen LogP contribution in [-0.2, 0) is 11.2 Å². The Balaban J connectivity index is 2.14. The number of hydrogen-bond acceptors (Lipinski definition) is 4. The van der Waals surface area contributed by atoms with Gasteiger partial charge in [-0.15, -0.1) is 11.3 Å². The minimum Gasteiger partial charge on any atom is -0.480 e. The third-order valence-electron chi connectivity index (χ3n) is 3.91. The maximum absolute atomic E-state index is 12.4. The zero-order valence-electron chi connectivity index (χ0n) is 13.7. The van der Waals surface area contributed by atoms with Crippen LogP contribution < -0.4 is 0 Å². The molecule has 0 saturated carbocycles. The van der Waals surface area contributed by atoms with E-state index < -0.39 is 11.5 Å². The molecule has 0 fully saturated rings. The Morgan fingerprint density at radius 2 is 1.87 bits per heavy atom. The zero-order valence-corrected chi connectivity index (χ0v) is 14.5. The van der Waals surface area contributed by atoms with Crippen molar-refractivity contribution in [3.8, 4) is 0 Å². The zero-order chi connectivity index (χ0) is 17.2. The summed E-state index contributed by atoms with van der Waals surface area (Å²) < 4.78 is 0. The molecule has 1 N–H and O–H groups in total. The van der Waals surface area contributed by atoms with Gasteiger partial charge in [0.25, 0.3) is 5.91 Å². The van der Waals surface area contributed by atoms with Crippen LogP contribution in [0.3, 0.4) is 0 Å². The van der Waals surface area contributed by atoms with Crippen molar-refractivity contribution in [1.29, 1.82) is 0 Å². The number of hydrogen-bond donors (Lipinski definition) is 1. The molecule has 2 aromatic rings. The second-order valence-electron chi connectivity index (χ2n) is 6.02. The van der Waals surface area contributed by atoms with E-state index in [0.717, 1.165) is 10.6 Å². The highest BCUT2D eigenvalue weighted by Crippen LogP contribution is 2.20. The monoisotopic (exact) mass is 332 g/mol. The minimum absolute atomic E-state index is 0.286. The van der Waals surface area contributed by atoms with Gasteiger partial charge in [-0.05, 0) is 26.3 Å². The number of benzene rings is 1. The van der Waals surface area contributed by atoms with Crippen LogP contribution in [0.25, 0.3) is 0 Å². The van der Waals surface area contributed by atoms with E-state index in [9.17, 15) is 14.7 Å². The molecule has 122 valence electrons. The Labute approximate surface area is 139 Å². The topological polar surface area (TPSA) is 70.5 Å². The third-order valence-corrected chi connectivity index (χ3v) is 4.76. The van der Waals surface area contributed by atoms with Gasteiger partial charge in [0, 0.05) is 18.8 Å². The SMILES string of the molecule is Cc1ccc(Cc2nc(C(=O)N(C)C(C)(C)C(=O)O)cs2)cc1. The van der Waals surface area contributed by atoms with E-state index in [-0.39, 0.29) is 11.6 Å². The number of nitrogens with zero attached hydrogens (tertiary/aromatic N) is 2. The van der Waals surface area contributed by atoms with Crippen LogP contribution in [0.2, 0.25) is 0 Å². The van der Waals surface area contributed by atoms with E-state index in [0.29, 0.717) is 6.42 Å². The molecule has 0 bridgehead atoms. The molecule has 23 heavy (non-hydrogen) atoms. The molecule has 0 unspecified atom stereocenters. The van der Waals surface area contributed by atoms with Crippen molar-refractivity contribution in [2.45, 2.75) is 32.7 Å². The lowest BCUT2D eigenvalue weighted by Gasteiger charge is -2.30. The lowest BCUT2D eigenvalue weighted by atomic mass is 10.0. The van der Waals surface area contributed by atoms with Crippen LogP contribution in [0.4, 0.5) is 0 Å². The Hall–Kier alpha value is -2.21. The van der Waals surface area contributed by atoms with Gasteiger partial charge in [0.05, 0.1) is 5.01 Å². The Bertz CT molecular complexity index is 720. The van der Waals surface area contributed by atoms with Crippen LogP contribution in [0.15, 0.2) is 29.6 Å². The molecule has 6 heteroatoms. The molecule has 0 spiro atoms.